The number of hydrogen-bond acceptors (Lipinski definition) is 4. The van der Waals surface area contributed by atoms with Crippen molar-refractivity contribution >= 4 is 39.1 Å². The first-order valence-electron chi connectivity index (χ1n) is 5.24. The van der Waals surface area contributed by atoms with E-state index in [1.165, 1.54) is 3.57 Å². The smallest absolute Gasteiger partial charge is 0.183 e. The Balaban J connectivity index is 2.04. The lowest BCUT2D eigenvalue weighted by Crippen LogP contribution is -2.06. The molecule has 0 saturated carbocycles. The topological polar surface area (TPSA) is 34.1 Å². The van der Waals surface area contributed by atoms with Crippen molar-refractivity contribution < 1.29 is 4.74 Å². The molecule has 1 N–H and O–H groups in total. The molecular weight excluding hydrogens is 347 g/mol. The molecular formula is C12H13IN2OS. The van der Waals surface area contributed by atoms with Gasteiger partial charge >= 0.3 is 0 Å². The number of anilines is 1. The second-order valence-corrected chi connectivity index (χ2v) is 5.57. The first-order valence-corrected chi connectivity index (χ1v) is 7.19. The van der Waals surface area contributed by atoms with Gasteiger partial charge in [0.1, 0.15) is 0 Å². The number of rotatable bonds is 5. The summed E-state index contributed by atoms with van der Waals surface area (Å²) in [6, 6.07) is 8.37. The normalized spacial score (nSPS) is 10.5. The van der Waals surface area contributed by atoms with E-state index in [4.69, 9.17) is 4.74 Å². The largest absolute Gasteiger partial charge is 0.383 e. The Bertz CT molecular complexity index is 470. The van der Waals surface area contributed by atoms with Crippen molar-refractivity contribution in [2.24, 2.45) is 0 Å². The van der Waals surface area contributed by atoms with Crippen LogP contribution in [0, 0.1) is 3.57 Å². The van der Waals surface area contributed by atoms with E-state index in [-0.39, 0.29) is 0 Å². The third-order valence-electron chi connectivity index (χ3n) is 2.23. The lowest BCUT2D eigenvalue weighted by Gasteiger charge is -2.00. The zero-order valence-electron chi connectivity index (χ0n) is 9.44. The quantitative estimate of drug-likeness (QED) is 0.655. The van der Waals surface area contributed by atoms with Crippen molar-refractivity contribution in [1.29, 1.82) is 0 Å². The maximum absolute atomic E-state index is 4.98. The summed E-state index contributed by atoms with van der Waals surface area (Å²) in [7, 11) is 1.69. The standard InChI is InChI=1S/C12H13IN2OS/c1-16-7-6-14-12-15-11(8-17-12)9-2-4-10(13)5-3-9/h2-5,8H,6-7H2,1H3,(H,14,15). The van der Waals surface area contributed by atoms with Crippen LogP contribution in [0.1, 0.15) is 0 Å². The molecule has 1 aromatic heterocycles. The van der Waals surface area contributed by atoms with Gasteiger partial charge in [-0.3, -0.25) is 0 Å². The van der Waals surface area contributed by atoms with Gasteiger partial charge in [0, 0.05) is 28.2 Å². The highest BCUT2D eigenvalue weighted by molar-refractivity contribution is 14.1. The van der Waals surface area contributed by atoms with E-state index in [1.54, 1.807) is 18.4 Å². The number of aromatic nitrogens is 1. The van der Waals surface area contributed by atoms with E-state index >= 15 is 0 Å². The molecule has 0 amide bonds. The molecule has 0 aliphatic rings. The first kappa shape index (κ1) is 12.8. The summed E-state index contributed by atoms with van der Waals surface area (Å²) in [6.45, 7) is 1.48. The molecule has 17 heavy (non-hydrogen) atoms. The molecule has 0 fully saturated rings. The molecule has 90 valence electrons. The maximum atomic E-state index is 4.98. The molecule has 0 saturated heterocycles. The summed E-state index contributed by atoms with van der Waals surface area (Å²) in [5.41, 5.74) is 2.17. The Hall–Kier alpha value is -0.660. The van der Waals surface area contributed by atoms with Crippen LogP contribution >= 0.6 is 33.9 Å². The predicted octanol–water partition coefficient (Wildman–Crippen LogP) is 3.47. The van der Waals surface area contributed by atoms with Crippen molar-refractivity contribution in [3.05, 3.63) is 33.2 Å². The average Bonchev–Trinajstić information content (AvgIpc) is 2.79. The summed E-state index contributed by atoms with van der Waals surface area (Å²) in [4.78, 5) is 4.53. The number of thiazole rings is 1. The van der Waals surface area contributed by atoms with E-state index < -0.39 is 0 Å². The van der Waals surface area contributed by atoms with Crippen LogP contribution in [0.25, 0.3) is 11.3 Å². The first-order chi connectivity index (χ1) is 8.29. The van der Waals surface area contributed by atoms with Crippen LogP contribution in [0.15, 0.2) is 29.6 Å². The number of halogens is 1. The number of nitrogens with zero attached hydrogens (tertiary/aromatic N) is 1. The molecule has 0 aliphatic carbocycles. The van der Waals surface area contributed by atoms with Crippen molar-refractivity contribution in [3.8, 4) is 11.3 Å². The highest BCUT2D eigenvalue weighted by Gasteiger charge is 2.03. The summed E-state index contributed by atoms with van der Waals surface area (Å²) >= 11 is 3.92. The monoisotopic (exact) mass is 360 g/mol. The zero-order valence-corrected chi connectivity index (χ0v) is 12.4. The molecule has 1 aromatic carbocycles. The molecule has 0 atom stereocenters. The van der Waals surface area contributed by atoms with Crippen LogP contribution in [0.5, 0.6) is 0 Å². The fourth-order valence-electron chi connectivity index (χ4n) is 1.37. The van der Waals surface area contributed by atoms with Crippen LogP contribution in [0.2, 0.25) is 0 Å². The number of hydrogen-bond donors (Lipinski definition) is 1. The van der Waals surface area contributed by atoms with Crippen molar-refractivity contribution in [2.75, 3.05) is 25.6 Å². The third kappa shape index (κ3) is 3.65. The van der Waals surface area contributed by atoms with Gasteiger partial charge in [0.15, 0.2) is 5.13 Å². The van der Waals surface area contributed by atoms with Crippen LogP contribution in [-0.2, 0) is 4.74 Å². The highest BCUT2D eigenvalue weighted by atomic mass is 127. The van der Waals surface area contributed by atoms with Gasteiger partial charge in [0.05, 0.1) is 12.3 Å². The van der Waals surface area contributed by atoms with Crippen LogP contribution in [-0.4, -0.2) is 25.2 Å². The molecule has 0 spiro atoms. The number of ether oxygens (including phenoxy) is 1. The molecule has 2 aromatic rings. The predicted molar refractivity (Wildman–Crippen MR) is 80.6 cm³/mol. The van der Waals surface area contributed by atoms with E-state index in [2.05, 4.69) is 62.5 Å². The Morgan fingerprint density at radius 2 is 2.12 bits per heavy atom. The van der Waals surface area contributed by atoms with E-state index in [0.717, 1.165) is 22.9 Å². The van der Waals surface area contributed by atoms with Crippen LogP contribution < -0.4 is 5.32 Å². The van der Waals surface area contributed by atoms with Gasteiger partial charge in [-0.25, -0.2) is 4.98 Å². The molecule has 5 heteroatoms. The Morgan fingerprint density at radius 1 is 1.35 bits per heavy atom. The van der Waals surface area contributed by atoms with Gasteiger partial charge in [-0.1, -0.05) is 12.1 Å². The van der Waals surface area contributed by atoms with Gasteiger partial charge in [0.2, 0.25) is 0 Å². The lowest BCUT2D eigenvalue weighted by atomic mass is 10.2. The van der Waals surface area contributed by atoms with Gasteiger partial charge < -0.3 is 10.1 Å². The molecule has 0 aliphatic heterocycles. The fourth-order valence-corrected chi connectivity index (χ4v) is 2.48. The van der Waals surface area contributed by atoms with Crippen molar-refractivity contribution in [1.82, 2.24) is 4.98 Å². The maximum Gasteiger partial charge on any atom is 0.183 e. The molecule has 0 unspecified atom stereocenters. The van der Waals surface area contributed by atoms with Crippen LogP contribution in [0.4, 0.5) is 5.13 Å². The molecule has 2 rings (SSSR count). The molecule has 3 nitrogen and oxygen atoms in total. The molecule has 0 bridgehead atoms. The van der Waals surface area contributed by atoms with Gasteiger partial charge in [-0.15, -0.1) is 11.3 Å². The van der Waals surface area contributed by atoms with Gasteiger partial charge in [-0.05, 0) is 34.7 Å². The average molecular weight is 360 g/mol. The SMILES string of the molecule is COCCNc1nc(-c2ccc(I)cc2)cs1. The van der Waals surface area contributed by atoms with Gasteiger partial charge in [0.25, 0.3) is 0 Å². The molecule has 1 heterocycles. The highest BCUT2D eigenvalue weighted by Crippen LogP contribution is 2.25. The lowest BCUT2D eigenvalue weighted by molar-refractivity contribution is 0.211. The van der Waals surface area contributed by atoms with E-state index in [9.17, 15) is 0 Å². The second kappa shape index (κ2) is 6.32. The Morgan fingerprint density at radius 3 is 2.82 bits per heavy atom. The van der Waals surface area contributed by atoms with E-state index in [0.29, 0.717) is 6.61 Å². The number of nitrogens with one attached hydrogen (secondary N) is 1. The number of benzene rings is 1. The summed E-state index contributed by atoms with van der Waals surface area (Å²) in [5.74, 6) is 0. The zero-order chi connectivity index (χ0) is 12.1. The minimum Gasteiger partial charge on any atom is -0.383 e. The van der Waals surface area contributed by atoms with Crippen molar-refractivity contribution in [3.63, 3.8) is 0 Å². The minimum atomic E-state index is 0.693. The van der Waals surface area contributed by atoms with E-state index in [1.807, 2.05) is 0 Å². The Labute approximate surface area is 118 Å². The van der Waals surface area contributed by atoms with Gasteiger partial charge in [-0.2, -0.15) is 0 Å². The van der Waals surface area contributed by atoms with Crippen molar-refractivity contribution in [2.45, 2.75) is 0 Å². The summed E-state index contributed by atoms with van der Waals surface area (Å²) < 4.78 is 6.22. The minimum absolute atomic E-state index is 0.693. The molecule has 0 radical (unpaired) electrons. The van der Waals surface area contributed by atoms with Crippen LogP contribution in [0.3, 0.4) is 0 Å². The fraction of sp³-hybridized carbons (Fsp3) is 0.250. The third-order valence-corrected chi connectivity index (χ3v) is 3.75. The second-order valence-electron chi connectivity index (χ2n) is 3.46. The summed E-state index contributed by atoms with van der Waals surface area (Å²) in [6.07, 6.45) is 0. The Kier molecular flexibility index (Phi) is 4.75. The summed E-state index contributed by atoms with van der Waals surface area (Å²) in [5, 5.41) is 6.24. The number of methoxy groups -OCH3 is 1.